The van der Waals surface area contributed by atoms with E-state index in [1.807, 2.05) is 13.0 Å². The van der Waals surface area contributed by atoms with Gasteiger partial charge in [0, 0.05) is 0 Å². The smallest absolute Gasteiger partial charge is 0.120 e. The van der Waals surface area contributed by atoms with Crippen LogP contribution in [0, 0.1) is 11.8 Å². The van der Waals surface area contributed by atoms with E-state index in [1.165, 1.54) is 32.1 Å². The average molecular weight is 325 g/mol. The van der Waals surface area contributed by atoms with Crippen molar-refractivity contribution >= 4 is 10.8 Å². The van der Waals surface area contributed by atoms with Crippen LogP contribution in [0.5, 0.6) is 5.75 Å². The third kappa shape index (κ3) is 2.91. The quantitative estimate of drug-likeness (QED) is 0.894. The van der Waals surface area contributed by atoms with E-state index in [0.29, 0.717) is 6.10 Å². The lowest BCUT2D eigenvalue weighted by Gasteiger charge is -2.42. The minimum absolute atomic E-state index is 0.0655. The fraction of sp³-hybridized carbons (Fsp3) is 0.524. The normalized spacial score (nSPS) is 28.7. The molecule has 2 bridgehead atoms. The second kappa shape index (κ2) is 6.05. The van der Waals surface area contributed by atoms with Crippen molar-refractivity contribution in [2.75, 3.05) is 6.61 Å². The lowest BCUT2D eigenvalue weighted by molar-refractivity contribution is 0.0202. The monoisotopic (exact) mass is 325 g/mol. The molecular formula is C21H27NO2. The largest absolute Gasteiger partial charge is 0.490 e. The van der Waals surface area contributed by atoms with Crippen LogP contribution in [0.4, 0.5) is 0 Å². The fourth-order valence-corrected chi connectivity index (χ4v) is 4.38. The molecule has 0 aliphatic heterocycles. The van der Waals surface area contributed by atoms with Gasteiger partial charge in [0.05, 0.1) is 12.1 Å². The summed E-state index contributed by atoms with van der Waals surface area (Å²) >= 11 is 0. The molecule has 0 heterocycles. The van der Waals surface area contributed by atoms with Gasteiger partial charge in [-0.1, -0.05) is 18.2 Å². The van der Waals surface area contributed by atoms with Gasteiger partial charge in [-0.3, -0.25) is 0 Å². The molecule has 0 aromatic heterocycles. The molecule has 2 aromatic carbocycles. The van der Waals surface area contributed by atoms with Crippen LogP contribution in [-0.2, 0) is 5.54 Å². The van der Waals surface area contributed by atoms with E-state index in [9.17, 15) is 5.11 Å². The zero-order valence-corrected chi connectivity index (χ0v) is 14.4. The summed E-state index contributed by atoms with van der Waals surface area (Å²) in [6.07, 6.45) is 7.09. The summed E-state index contributed by atoms with van der Waals surface area (Å²) in [5, 5.41) is 11.7. The van der Waals surface area contributed by atoms with Gasteiger partial charge in [-0.25, -0.2) is 0 Å². The van der Waals surface area contributed by atoms with E-state index in [4.69, 9.17) is 10.5 Å². The molecule has 3 aliphatic rings. The molecular weight excluding hydrogens is 298 g/mol. The summed E-state index contributed by atoms with van der Waals surface area (Å²) in [5.74, 6) is 2.60. The highest BCUT2D eigenvalue weighted by atomic mass is 16.5. The summed E-state index contributed by atoms with van der Waals surface area (Å²) in [6, 6.07) is 12.5. The van der Waals surface area contributed by atoms with Crippen molar-refractivity contribution < 1.29 is 9.84 Å². The Balaban J connectivity index is 1.56. The van der Waals surface area contributed by atoms with Crippen LogP contribution in [0.1, 0.15) is 44.6 Å². The molecule has 3 aliphatic carbocycles. The number of aliphatic hydroxyl groups is 1. The number of hydrogen-bond donors (Lipinski definition) is 2. The molecule has 0 amide bonds. The van der Waals surface area contributed by atoms with Crippen LogP contribution in [0.3, 0.4) is 0 Å². The van der Waals surface area contributed by atoms with Crippen molar-refractivity contribution in [1.29, 1.82) is 0 Å². The second-order valence-electron chi connectivity index (χ2n) is 7.97. The Kier molecular flexibility index (Phi) is 4.01. The van der Waals surface area contributed by atoms with Crippen LogP contribution in [0.2, 0.25) is 0 Å². The minimum atomic E-state index is -0.704. The van der Waals surface area contributed by atoms with E-state index in [1.54, 1.807) is 0 Å². The number of aliphatic hydroxyl groups excluding tert-OH is 1. The molecule has 0 saturated heterocycles. The molecule has 0 spiro atoms. The molecule has 5 rings (SSSR count). The highest BCUT2D eigenvalue weighted by Crippen LogP contribution is 2.43. The number of rotatable bonds is 4. The Morgan fingerprint density at radius 2 is 1.79 bits per heavy atom. The molecule has 2 atom stereocenters. The Labute approximate surface area is 143 Å². The zero-order chi connectivity index (χ0) is 16.7. The lowest BCUT2D eigenvalue weighted by Crippen LogP contribution is -2.38. The number of ether oxygens (including phenoxy) is 1. The van der Waals surface area contributed by atoms with Gasteiger partial charge in [-0.05, 0) is 85.4 Å². The van der Waals surface area contributed by atoms with Gasteiger partial charge < -0.3 is 15.6 Å². The first-order valence-corrected chi connectivity index (χ1v) is 9.16. The molecule has 128 valence electrons. The van der Waals surface area contributed by atoms with Crippen LogP contribution < -0.4 is 10.5 Å². The Hall–Kier alpha value is -1.58. The molecule has 3 N–H and O–H groups in total. The van der Waals surface area contributed by atoms with Crippen molar-refractivity contribution in [1.82, 2.24) is 0 Å². The van der Waals surface area contributed by atoms with Crippen molar-refractivity contribution in [2.24, 2.45) is 17.6 Å². The predicted molar refractivity (Wildman–Crippen MR) is 97.1 cm³/mol. The third-order valence-electron chi connectivity index (χ3n) is 6.07. The number of benzene rings is 2. The van der Waals surface area contributed by atoms with Gasteiger partial charge in [0.1, 0.15) is 11.9 Å². The van der Waals surface area contributed by atoms with E-state index in [0.717, 1.165) is 33.9 Å². The van der Waals surface area contributed by atoms with Gasteiger partial charge in [0.25, 0.3) is 0 Å². The highest BCUT2D eigenvalue weighted by molar-refractivity contribution is 5.84. The first-order valence-electron chi connectivity index (χ1n) is 9.16. The molecule has 3 heteroatoms. The first-order chi connectivity index (χ1) is 11.5. The van der Waals surface area contributed by atoms with Crippen LogP contribution >= 0.6 is 0 Å². The molecule has 0 radical (unpaired) electrons. The molecule has 3 saturated carbocycles. The van der Waals surface area contributed by atoms with Gasteiger partial charge in [-0.15, -0.1) is 0 Å². The summed E-state index contributed by atoms with van der Waals surface area (Å²) in [4.78, 5) is 0. The fourth-order valence-electron chi connectivity index (χ4n) is 4.38. The lowest BCUT2D eigenvalue weighted by atomic mass is 9.69. The molecule has 1 unspecified atom stereocenters. The van der Waals surface area contributed by atoms with Gasteiger partial charge in [0.15, 0.2) is 0 Å². The number of nitrogens with two attached hydrogens (primary N) is 1. The maximum absolute atomic E-state index is 9.45. The van der Waals surface area contributed by atoms with Crippen molar-refractivity contribution in [3.8, 4) is 5.75 Å². The SMILES string of the molecule is C[C@](N)(CO)c1ccc2cc(OC3CC4CCC3CC4)ccc2c1. The number of fused-ring (bicyclic) bond motifs is 4. The van der Waals surface area contributed by atoms with Crippen LogP contribution in [0.15, 0.2) is 36.4 Å². The Bertz CT molecular complexity index is 732. The summed E-state index contributed by atoms with van der Waals surface area (Å²) in [6.45, 7) is 1.79. The van der Waals surface area contributed by atoms with Gasteiger partial charge in [-0.2, -0.15) is 0 Å². The van der Waals surface area contributed by atoms with Crippen molar-refractivity contribution in [2.45, 2.75) is 50.7 Å². The highest BCUT2D eigenvalue weighted by Gasteiger charge is 2.36. The van der Waals surface area contributed by atoms with E-state index in [2.05, 4.69) is 30.3 Å². The van der Waals surface area contributed by atoms with E-state index in [-0.39, 0.29) is 6.61 Å². The second-order valence-corrected chi connectivity index (χ2v) is 7.97. The van der Waals surface area contributed by atoms with Gasteiger partial charge >= 0.3 is 0 Å². The Morgan fingerprint density at radius 1 is 1.08 bits per heavy atom. The predicted octanol–water partition coefficient (Wildman–Crippen LogP) is 3.96. The Morgan fingerprint density at radius 3 is 2.46 bits per heavy atom. The zero-order valence-electron chi connectivity index (χ0n) is 14.4. The molecule has 2 aromatic rings. The summed E-state index contributed by atoms with van der Waals surface area (Å²) in [5.41, 5.74) is 6.39. The first kappa shape index (κ1) is 15.9. The maximum atomic E-state index is 9.45. The number of hydrogen-bond acceptors (Lipinski definition) is 3. The molecule has 3 nitrogen and oxygen atoms in total. The van der Waals surface area contributed by atoms with Gasteiger partial charge in [0.2, 0.25) is 0 Å². The third-order valence-corrected chi connectivity index (χ3v) is 6.07. The maximum Gasteiger partial charge on any atom is 0.120 e. The minimum Gasteiger partial charge on any atom is -0.490 e. The van der Waals surface area contributed by atoms with E-state index < -0.39 is 5.54 Å². The van der Waals surface area contributed by atoms with E-state index >= 15 is 0 Å². The van der Waals surface area contributed by atoms with Crippen molar-refractivity contribution in [3.05, 3.63) is 42.0 Å². The van der Waals surface area contributed by atoms with Crippen LogP contribution in [-0.4, -0.2) is 17.8 Å². The molecule has 3 fully saturated rings. The van der Waals surface area contributed by atoms with Crippen molar-refractivity contribution in [3.63, 3.8) is 0 Å². The average Bonchev–Trinajstić information content (AvgIpc) is 2.62. The molecule has 24 heavy (non-hydrogen) atoms. The summed E-state index contributed by atoms with van der Waals surface area (Å²) in [7, 11) is 0. The standard InChI is InChI=1S/C21H27NO2/c1-21(22,13-23)18-8-6-17-12-19(9-7-16(17)11-18)24-20-10-14-2-4-15(20)5-3-14/h6-9,11-12,14-15,20,23H,2-5,10,13,22H2,1H3/t14?,15?,20?,21-/m0/s1. The van der Waals surface area contributed by atoms with Crippen LogP contribution in [0.25, 0.3) is 10.8 Å². The topological polar surface area (TPSA) is 55.5 Å². The summed E-state index contributed by atoms with van der Waals surface area (Å²) < 4.78 is 6.35.